The largest absolute Gasteiger partial charge is 0.460 e. The first kappa shape index (κ1) is 14.4. The number of carbonyl (C=O) groups excluding carboxylic acids is 2. The van der Waals surface area contributed by atoms with Gasteiger partial charge in [0.1, 0.15) is 12.3 Å². The molecule has 2 aliphatic rings. The summed E-state index contributed by atoms with van der Waals surface area (Å²) in [5, 5.41) is 0.0967. The fourth-order valence-corrected chi connectivity index (χ4v) is 3.20. The molecule has 6 heteroatoms. The molecule has 0 aromatic carbocycles. The van der Waals surface area contributed by atoms with Crippen LogP contribution in [-0.2, 0) is 14.3 Å². The number of nitrogens with zero attached hydrogens (tertiary/aromatic N) is 2. The number of ether oxygens (including phenoxy) is 1. The van der Waals surface area contributed by atoms with Gasteiger partial charge in [-0.3, -0.25) is 4.79 Å². The number of carbonyl (C=O) groups is 2. The van der Waals surface area contributed by atoms with Gasteiger partial charge in [0.2, 0.25) is 5.12 Å². The number of likely N-dealkylation sites (N-methyl/N-ethyl adjacent to an activating group) is 1. The monoisotopic (exact) mass is 284 g/mol. The van der Waals surface area contributed by atoms with E-state index < -0.39 is 0 Å². The third kappa shape index (κ3) is 3.30. The Hall–Kier alpha value is -1.01. The van der Waals surface area contributed by atoms with Gasteiger partial charge in [0.25, 0.3) is 0 Å². The molecule has 0 aromatic rings. The van der Waals surface area contributed by atoms with E-state index in [1.807, 2.05) is 4.90 Å². The molecule has 2 aliphatic heterocycles. The van der Waals surface area contributed by atoms with Gasteiger partial charge in [-0.25, -0.2) is 4.79 Å². The molecule has 0 aromatic heterocycles. The summed E-state index contributed by atoms with van der Waals surface area (Å²) < 4.78 is 5.26. The predicted molar refractivity (Wildman–Crippen MR) is 74.5 cm³/mol. The zero-order valence-corrected chi connectivity index (χ0v) is 12.2. The molecule has 0 radical (unpaired) electrons. The number of hydrogen-bond donors (Lipinski definition) is 0. The van der Waals surface area contributed by atoms with Crippen molar-refractivity contribution in [3.63, 3.8) is 0 Å². The number of hydrogen-bond acceptors (Lipinski definition) is 6. The van der Waals surface area contributed by atoms with Crippen LogP contribution in [0.1, 0.15) is 20.3 Å². The fourth-order valence-electron chi connectivity index (χ4n) is 2.18. The standard InChI is InChI=1S/C13H20N2O3S/c1-3-14(4-2)7-8-18-13(17)10-9-12(16)19-11-5-6-15(10)11/h9,11H,3-8H2,1-2H3. The molecule has 5 nitrogen and oxygen atoms in total. The summed E-state index contributed by atoms with van der Waals surface area (Å²) in [7, 11) is 0. The van der Waals surface area contributed by atoms with Crippen LogP contribution in [0.5, 0.6) is 0 Å². The lowest BCUT2D eigenvalue weighted by Crippen LogP contribution is -2.49. The SMILES string of the molecule is CCN(CC)CCOC(=O)C1=CC(=O)SC2CCN12. The molecule has 1 atom stereocenters. The summed E-state index contributed by atoms with van der Waals surface area (Å²) >= 11 is 1.29. The van der Waals surface area contributed by atoms with Crippen LogP contribution in [0.3, 0.4) is 0 Å². The topological polar surface area (TPSA) is 49.9 Å². The van der Waals surface area contributed by atoms with Gasteiger partial charge in [-0.1, -0.05) is 25.6 Å². The van der Waals surface area contributed by atoms with Gasteiger partial charge in [-0.05, 0) is 19.5 Å². The molecular formula is C13H20N2O3S. The van der Waals surface area contributed by atoms with Crippen molar-refractivity contribution in [1.29, 1.82) is 0 Å². The normalized spacial score (nSPS) is 21.8. The van der Waals surface area contributed by atoms with Crippen molar-refractivity contribution in [3.05, 3.63) is 11.8 Å². The van der Waals surface area contributed by atoms with Gasteiger partial charge in [0.15, 0.2) is 0 Å². The number of fused-ring (bicyclic) bond motifs is 1. The van der Waals surface area contributed by atoms with Gasteiger partial charge in [0.05, 0.1) is 5.37 Å². The molecular weight excluding hydrogens is 264 g/mol. The molecule has 19 heavy (non-hydrogen) atoms. The second-order valence-electron chi connectivity index (χ2n) is 4.57. The Morgan fingerprint density at radius 3 is 2.84 bits per heavy atom. The van der Waals surface area contributed by atoms with Crippen LogP contribution in [-0.4, -0.2) is 59.0 Å². The lowest BCUT2D eigenvalue weighted by molar-refractivity contribution is -0.142. The van der Waals surface area contributed by atoms with Crippen molar-refractivity contribution >= 4 is 22.8 Å². The number of rotatable bonds is 6. The van der Waals surface area contributed by atoms with E-state index in [1.165, 1.54) is 17.8 Å². The summed E-state index contributed by atoms with van der Waals surface area (Å²) in [6, 6.07) is 0. The van der Waals surface area contributed by atoms with Crippen LogP contribution in [0.15, 0.2) is 11.8 Å². The Kier molecular flexibility index (Phi) is 4.87. The Morgan fingerprint density at radius 1 is 1.53 bits per heavy atom. The van der Waals surface area contributed by atoms with Crippen molar-refractivity contribution in [2.45, 2.75) is 25.6 Å². The van der Waals surface area contributed by atoms with Crippen LogP contribution in [0.2, 0.25) is 0 Å². The molecule has 2 heterocycles. The first-order valence-electron chi connectivity index (χ1n) is 6.74. The van der Waals surface area contributed by atoms with Gasteiger partial charge in [0, 0.05) is 19.2 Å². The van der Waals surface area contributed by atoms with Crippen LogP contribution in [0.4, 0.5) is 0 Å². The average molecular weight is 284 g/mol. The summed E-state index contributed by atoms with van der Waals surface area (Å²) in [6.45, 7) is 7.99. The van der Waals surface area contributed by atoms with Crippen molar-refractivity contribution in [2.24, 2.45) is 0 Å². The predicted octanol–water partition coefficient (Wildman–Crippen LogP) is 1.06. The highest BCUT2D eigenvalue weighted by Gasteiger charge is 2.38. The van der Waals surface area contributed by atoms with E-state index in [0.29, 0.717) is 12.3 Å². The Morgan fingerprint density at radius 2 is 2.26 bits per heavy atom. The van der Waals surface area contributed by atoms with E-state index >= 15 is 0 Å². The highest BCUT2D eigenvalue weighted by molar-refractivity contribution is 8.14. The van der Waals surface area contributed by atoms with E-state index in [1.54, 1.807) is 0 Å². The molecule has 0 N–H and O–H groups in total. The summed E-state index contributed by atoms with van der Waals surface area (Å²) in [5.41, 5.74) is 0.430. The highest BCUT2D eigenvalue weighted by atomic mass is 32.2. The molecule has 0 saturated carbocycles. The maximum atomic E-state index is 12.0. The molecule has 106 valence electrons. The van der Waals surface area contributed by atoms with Crippen LogP contribution >= 0.6 is 11.8 Å². The average Bonchev–Trinajstić information content (AvgIpc) is 2.37. The van der Waals surface area contributed by atoms with Gasteiger partial charge in [-0.2, -0.15) is 0 Å². The summed E-state index contributed by atoms with van der Waals surface area (Å²) in [4.78, 5) is 27.6. The quantitative estimate of drug-likeness (QED) is 0.680. The van der Waals surface area contributed by atoms with Gasteiger partial charge >= 0.3 is 5.97 Å². The van der Waals surface area contributed by atoms with E-state index in [2.05, 4.69) is 18.7 Å². The van der Waals surface area contributed by atoms with E-state index in [-0.39, 0.29) is 16.5 Å². The summed E-state index contributed by atoms with van der Waals surface area (Å²) in [6.07, 6.45) is 2.36. The second-order valence-corrected chi connectivity index (χ2v) is 5.75. The third-order valence-corrected chi connectivity index (χ3v) is 4.64. The minimum Gasteiger partial charge on any atom is -0.460 e. The first-order valence-corrected chi connectivity index (χ1v) is 7.62. The molecule has 0 amide bonds. The molecule has 1 saturated heterocycles. The zero-order chi connectivity index (χ0) is 13.8. The molecule has 0 aliphatic carbocycles. The lowest BCUT2D eigenvalue weighted by Gasteiger charge is -2.44. The number of thioether (sulfide) groups is 1. The summed E-state index contributed by atoms with van der Waals surface area (Å²) in [5.74, 6) is -0.370. The van der Waals surface area contributed by atoms with E-state index in [0.717, 1.165) is 32.6 Å². The highest BCUT2D eigenvalue weighted by Crippen LogP contribution is 2.36. The Balaban J connectivity index is 1.84. The van der Waals surface area contributed by atoms with Crippen molar-refractivity contribution < 1.29 is 14.3 Å². The Labute approximate surface area is 117 Å². The smallest absolute Gasteiger partial charge is 0.354 e. The van der Waals surface area contributed by atoms with Crippen molar-refractivity contribution in [1.82, 2.24) is 9.80 Å². The van der Waals surface area contributed by atoms with Crippen LogP contribution in [0, 0.1) is 0 Å². The van der Waals surface area contributed by atoms with Crippen molar-refractivity contribution in [3.8, 4) is 0 Å². The van der Waals surface area contributed by atoms with Crippen LogP contribution < -0.4 is 0 Å². The molecule has 1 fully saturated rings. The van der Waals surface area contributed by atoms with E-state index in [4.69, 9.17) is 4.74 Å². The van der Waals surface area contributed by atoms with Gasteiger partial charge < -0.3 is 14.5 Å². The minimum absolute atomic E-state index is 0.0448. The number of esters is 1. The lowest BCUT2D eigenvalue weighted by atomic mass is 10.2. The first-order chi connectivity index (χ1) is 9.15. The fraction of sp³-hybridized carbons (Fsp3) is 0.692. The molecule has 0 spiro atoms. The van der Waals surface area contributed by atoms with Gasteiger partial charge in [-0.15, -0.1) is 0 Å². The van der Waals surface area contributed by atoms with Crippen molar-refractivity contribution in [2.75, 3.05) is 32.8 Å². The van der Waals surface area contributed by atoms with E-state index in [9.17, 15) is 9.59 Å². The Bertz CT molecular complexity index is 393. The third-order valence-electron chi connectivity index (χ3n) is 3.53. The molecule has 1 unspecified atom stereocenters. The second kappa shape index (κ2) is 6.43. The minimum atomic E-state index is -0.370. The molecule has 2 rings (SSSR count). The maximum Gasteiger partial charge on any atom is 0.354 e. The van der Waals surface area contributed by atoms with Crippen LogP contribution in [0.25, 0.3) is 0 Å². The molecule has 0 bridgehead atoms. The maximum absolute atomic E-state index is 12.0. The zero-order valence-electron chi connectivity index (χ0n) is 11.4.